The van der Waals surface area contributed by atoms with E-state index in [1.54, 1.807) is 30.0 Å². The highest BCUT2D eigenvalue weighted by atomic mass is 16.5. The molecule has 2 aromatic carbocycles. The van der Waals surface area contributed by atoms with Crippen LogP contribution in [0.5, 0.6) is 11.5 Å². The van der Waals surface area contributed by atoms with Crippen LogP contribution in [0.2, 0.25) is 0 Å². The van der Waals surface area contributed by atoms with Crippen LogP contribution in [-0.4, -0.2) is 45.9 Å². The van der Waals surface area contributed by atoms with Gasteiger partial charge in [-0.15, -0.1) is 0 Å². The topological polar surface area (TPSA) is 67.6 Å². The van der Waals surface area contributed by atoms with E-state index in [2.05, 4.69) is 5.10 Å². The van der Waals surface area contributed by atoms with E-state index in [9.17, 15) is 9.90 Å². The summed E-state index contributed by atoms with van der Waals surface area (Å²) in [5.74, 6) is 0.822. The summed E-state index contributed by atoms with van der Waals surface area (Å²) in [6.07, 6.45) is 3.21. The lowest BCUT2D eigenvalue weighted by atomic mass is 10.1. The van der Waals surface area contributed by atoms with Crippen LogP contribution in [0.4, 0.5) is 0 Å². The number of rotatable bonds is 4. The average molecular weight is 377 g/mol. The molecule has 0 aliphatic carbocycles. The lowest BCUT2D eigenvalue weighted by molar-refractivity contribution is 0.0718. The Labute approximate surface area is 164 Å². The summed E-state index contributed by atoms with van der Waals surface area (Å²) in [5.41, 5.74) is 2.47. The van der Waals surface area contributed by atoms with Gasteiger partial charge in [0.1, 0.15) is 11.5 Å². The van der Waals surface area contributed by atoms with E-state index in [1.165, 1.54) is 0 Å². The van der Waals surface area contributed by atoms with Gasteiger partial charge in [0, 0.05) is 18.7 Å². The van der Waals surface area contributed by atoms with Crippen molar-refractivity contribution >= 4 is 5.91 Å². The second-order valence-corrected chi connectivity index (χ2v) is 6.89. The van der Waals surface area contributed by atoms with Gasteiger partial charge in [-0.3, -0.25) is 4.79 Å². The third kappa shape index (κ3) is 3.45. The minimum absolute atomic E-state index is 0.0661. The number of aromatic nitrogens is 2. The second kappa shape index (κ2) is 7.76. The minimum atomic E-state index is -0.0661. The average Bonchev–Trinajstić information content (AvgIpc) is 3.19. The zero-order valence-electron chi connectivity index (χ0n) is 15.8. The predicted octanol–water partition coefficient (Wildman–Crippen LogP) is 3.88. The quantitative estimate of drug-likeness (QED) is 0.749. The highest BCUT2D eigenvalue weighted by Crippen LogP contribution is 2.32. The molecule has 4 rings (SSSR count). The molecular weight excluding hydrogens is 354 g/mol. The molecule has 0 bridgehead atoms. The normalized spacial score (nSPS) is 14.1. The fraction of sp³-hybridized carbons (Fsp3) is 0.273. The smallest absolute Gasteiger partial charge is 0.274 e. The van der Waals surface area contributed by atoms with Crippen molar-refractivity contribution in [2.24, 2.45) is 0 Å². The largest absolute Gasteiger partial charge is 0.507 e. The summed E-state index contributed by atoms with van der Waals surface area (Å²) in [7, 11) is 1.62. The van der Waals surface area contributed by atoms with Gasteiger partial charge in [0.15, 0.2) is 5.69 Å². The number of benzene rings is 2. The Morgan fingerprint density at radius 2 is 1.75 bits per heavy atom. The van der Waals surface area contributed by atoms with E-state index in [0.717, 1.165) is 43.8 Å². The Balaban J connectivity index is 1.79. The van der Waals surface area contributed by atoms with Crippen molar-refractivity contribution in [3.8, 4) is 28.4 Å². The maximum Gasteiger partial charge on any atom is 0.274 e. The van der Waals surface area contributed by atoms with Crippen LogP contribution in [0.15, 0.2) is 54.6 Å². The molecule has 6 heteroatoms. The minimum Gasteiger partial charge on any atom is -0.507 e. The molecule has 28 heavy (non-hydrogen) atoms. The maximum absolute atomic E-state index is 13.0. The molecule has 0 radical (unpaired) electrons. The fourth-order valence-electron chi connectivity index (χ4n) is 3.55. The number of para-hydroxylation sites is 1. The maximum atomic E-state index is 13.0. The van der Waals surface area contributed by atoms with Crippen molar-refractivity contribution in [3.05, 3.63) is 60.3 Å². The number of carbonyl (C=O) groups is 1. The van der Waals surface area contributed by atoms with Gasteiger partial charge in [-0.2, -0.15) is 5.10 Å². The summed E-state index contributed by atoms with van der Waals surface area (Å²) < 4.78 is 6.93. The van der Waals surface area contributed by atoms with Gasteiger partial charge in [-0.05, 0) is 61.7 Å². The first kappa shape index (κ1) is 18.1. The van der Waals surface area contributed by atoms with Crippen molar-refractivity contribution in [2.75, 3.05) is 20.2 Å². The number of methoxy groups -OCH3 is 1. The van der Waals surface area contributed by atoms with E-state index in [-0.39, 0.29) is 11.7 Å². The molecule has 1 amide bonds. The SMILES string of the molecule is COc1ccc(-n2nc(C(=O)N3CCCCC3)cc2-c2ccccc2O)cc1. The van der Waals surface area contributed by atoms with Gasteiger partial charge in [0.05, 0.1) is 18.5 Å². The Bertz CT molecular complexity index is 973. The number of ether oxygens (including phenoxy) is 1. The van der Waals surface area contributed by atoms with E-state index in [4.69, 9.17) is 4.74 Å². The van der Waals surface area contributed by atoms with Crippen molar-refractivity contribution in [1.29, 1.82) is 0 Å². The number of phenolic OH excluding ortho intramolecular Hbond substituents is 1. The first-order valence-corrected chi connectivity index (χ1v) is 9.49. The number of amides is 1. The van der Waals surface area contributed by atoms with Crippen LogP contribution in [0.25, 0.3) is 16.9 Å². The van der Waals surface area contributed by atoms with E-state index >= 15 is 0 Å². The van der Waals surface area contributed by atoms with Crippen LogP contribution in [0.3, 0.4) is 0 Å². The van der Waals surface area contributed by atoms with Gasteiger partial charge in [-0.25, -0.2) is 4.68 Å². The molecule has 0 atom stereocenters. The molecule has 0 spiro atoms. The Kier molecular flexibility index (Phi) is 5.02. The summed E-state index contributed by atoms with van der Waals surface area (Å²) in [4.78, 5) is 14.8. The molecule has 1 saturated heterocycles. The lowest BCUT2D eigenvalue weighted by Gasteiger charge is -2.25. The van der Waals surface area contributed by atoms with Gasteiger partial charge in [-0.1, -0.05) is 12.1 Å². The molecule has 1 fully saturated rings. The number of nitrogens with zero attached hydrogens (tertiary/aromatic N) is 3. The monoisotopic (exact) mass is 377 g/mol. The number of carbonyl (C=O) groups excluding carboxylic acids is 1. The molecule has 2 heterocycles. The summed E-state index contributed by atoms with van der Waals surface area (Å²) >= 11 is 0. The second-order valence-electron chi connectivity index (χ2n) is 6.89. The van der Waals surface area contributed by atoms with Crippen molar-refractivity contribution in [1.82, 2.24) is 14.7 Å². The zero-order valence-corrected chi connectivity index (χ0v) is 15.8. The molecule has 1 aliphatic heterocycles. The number of aromatic hydroxyl groups is 1. The molecule has 144 valence electrons. The van der Waals surface area contributed by atoms with E-state index < -0.39 is 0 Å². The van der Waals surface area contributed by atoms with Gasteiger partial charge >= 0.3 is 0 Å². The van der Waals surface area contributed by atoms with E-state index in [1.807, 2.05) is 41.3 Å². The number of likely N-dealkylation sites (tertiary alicyclic amines) is 1. The van der Waals surface area contributed by atoms with Gasteiger partial charge in [0.25, 0.3) is 5.91 Å². The molecular formula is C22H23N3O3. The molecule has 0 unspecified atom stereocenters. The standard InChI is InChI=1S/C22H23N3O3/c1-28-17-11-9-16(10-12-17)25-20(18-7-3-4-8-21(18)26)15-19(23-25)22(27)24-13-5-2-6-14-24/h3-4,7-12,15,26H,2,5-6,13-14H2,1H3. The third-order valence-electron chi connectivity index (χ3n) is 5.07. The summed E-state index contributed by atoms with van der Waals surface area (Å²) in [5, 5.41) is 15.0. The van der Waals surface area contributed by atoms with Crippen molar-refractivity contribution in [2.45, 2.75) is 19.3 Å². The van der Waals surface area contributed by atoms with Crippen LogP contribution < -0.4 is 4.74 Å². The zero-order chi connectivity index (χ0) is 19.5. The molecule has 0 saturated carbocycles. The number of piperidine rings is 1. The van der Waals surface area contributed by atoms with Crippen molar-refractivity contribution < 1.29 is 14.6 Å². The molecule has 1 aliphatic rings. The number of hydrogen-bond acceptors (Lipinski definition) is 4. The molecule has 1 aromatic heterocycles. The summed E-state index contributed by atoms with van der Waals surface area (Å²) in [6.45, 7) is 1.53. The first-order valence-electron chi connectivity index (χ1n) is 9.49. The number of phenols is 1. The predicted molar refractivity (Wildman–Crippen MR) is 107 cm³/mol. The van der Waals surface area contributed by atoms with Crippen LogP contribution in [0.1, 0.15) is 29.8 Å². The highest BCUT2D eigenvalue weighted by Gasteiger charge is 2.23. The van der Waals surface area contributed by atoms with Crippen LogP contribution in [0, 0.1) is 0 Å². The van der Waals surface area contributed by atoms with Gasteiger partial charge in [0.2, 0.25) is 0 Å². The van der Waals surface area contributed by atoms with Gasteiger partial charge < -0.3 is 14.7 Å². The highest BCUT2D eigenvalue weighted by molar-refractivity contribution is 5.94. The fourth-order valence-corrected chi connectivity index (χ4v) is 3.55. The summed E-state index contributed by atoms with van der Waals surface area (Å²) in [6, 6.07) is 16.3. The lowest BCUT2D eigenvalue weighted by Crippen LogP contribution is -2.35. The molecule has 3 aromatic rings. The Morgan fingerprint density at radius 1 is 1.04 bits per heavy atom. The molecule has 6 nitrogen and oxygen atoms in total. The van der Waals surface area contributed by atoms with Crippen molar-refractivity contribution in [3.63, 3.8) is 0 Å². The third-order valence-corrected chi connectivity index (χ3v) is 5.07. The van der Waals surface area contributed by atoms with E-state index in [0.29, 0.717) is 17.0 Å². The van der Waals surface area contributed by atoms with Crippen LogP contribution in [-0.2, 0) is 0 Å². The Morgan fingerprint density at radius 3 is 2.43 bits per heavy atom. The molecule has 1 N–H and O–H groups in total. The Hall–Kier alpha value is -3.28. The van der Waals surface area contributed by atoms with Crippen LogP contribution >= 0.6 is 0 Å². The first-order chi connectivity index (χ1) is 13.7. The number of hydrogen-bond donors (Lipinski definition) is 1.